The largest absolute Gasteiger partial charge is 0.393 e. The van der Waals surface area contributed by atoms with E-state index in [1.807, 2.05) is 6.92 Å². The number of hydrogen-bond acceptors (Lipinski definition) is 3. The first-order valence-electron chi connectivity index (χ1n) is 5.15. The summed E-state index contributed by atoms with van der Waals surface area (Å²) in [6.45, 7) is 2.28. The Balaban J connectivity index is 2.77. The molecule has 0 aromatic carbocycles. The molecular weight excluding hydrogens is 238 g/mol. The zero-order valence-electron chi connectivity index (χ0n) is 9.77. The van der Waals surface area contributed by atoms with Gasteiger partial charge in [0.2, 0.25) is 5.56 Å². The molecule has 1 aromatic rings. The summed E-state index contributed by atoms with van der Waals surface area (Å²) in [4.78, 5) is 27.4. The van der Waals surface area contributed by atoms with Crippen molar-refractivity contribution in [2.75, 3.05) is 13.6 Å². The van der Waals surface area contributed by atoms with Gasteiger partial charge in [-0.05, 0) is 6.07 Å². The highest BCUT2D eigenvalue weighted by molar-refractivity contribution is 7.80. The lowest BCUT2D eigenvalue weighted by molar-refractivity contribution is 0.0786. The van der Waals surface area contributed by atoms with Gasteiger partial charge in [-0.15, -0.1) is 0 Å². The van der Waals surface area contributed by atoms with Crippen LogP contribution in [-0.2, 0) is 0 Å². The minimum atomic E-state index is -0.299. The molecule has 0 bridgehead atoms. The lowest BCUT2D eigenvalue weighted by Gasteiger charge is -2.20. The van der Waals surface area contributed by atoms with Crippen molar-refractivity contribution in [2.24, 2.45) is 11.7 Å². The second kappa shape index (κ2) is 5.58. The van der Waals surface area contributed by atoms with Crippen LogP contribution >= 0.6 is 12.2 Å². The Kier molecular flexibility index (Phi) is 4.39. The fourth-order valence-corrected chi connectivity index (χ4v) is 1.46. The maximum Gasteiger partial charge on any atom is 0.253 e. The van der Waals surface area contributed by atoms with E-state index in [9.17, 15) is 9.59 Å². The number of hydrogen-bond donors (Lipinski definition) is 2. The number of nitrogens with zero attached hydrogens (tertiary/aromatic N) is 1. The number of pyridine rings is 1. The number of aromatic amines is 1. The number of rotatable bonds is 4. The monoisotopic (exact) mass is 253 g/mol. The van der Waals surface area contributed by atoms with Gasteiger partial charge in [0.1, 0.15) is 0 Å². The van der Waals surface area contributed by atoms with Crippen molar-refractivity contribution in [2.45, 2.75) is 6.92 Å². The zero-order chi connectivity index (χ0) is 13.0. The molecule has 0 aliphatic heterocycles. The third-order valence-electron chi connectivity index (χ3n) is 2.40. The van der Waals surface area contributed by atoms with E-state index >= 15 is 0 Å². The third kappa shape index (κ3) is 3.67. The minimum Gasteiger partial charge on any atom is -0.393 e. The maximum absolute atomic E-state index is 11.9. The average Bonchev–Trinajstić information content (AvgIpc) is 2.27. The molecule has 1 amide bonds. The molecule has 0 saturated carbocycles. The van der Waals surface area contributed by atoms with Crippen LogP contribution in [0.2, 0.25) is 0 Å². The topological polar surface area (TPSA) is 79.2 Å². The normalized spacial score (nSPS) is 11.9. The molecule has 3 N–H and O–H groups in total. The van der Waals surface area contributed by atoms with Crippen molar-refractivity contribution in [3.8, 4) is 0 Å². The molecule has 0 aliphatic carbocycles. The second-order valence-corrected chi connectivity index (χ2v) is 4.40. The standard InChI is InChI=1S/C11H15N3O2S/c1-7(10(12)17)6-14(2)11(16)8-3-4-13-9(15)5-8/h3-5,7H,6H2,1-2H3,(H2,12,17)(H,13,15). The summed E-state index contributed by atoms with van der Waals surface area (Å²) in [6, 6.07) is 2.83. The van der Waals surface area contributed by atoms with E-state index < -0.39 is 0 Å². The smallest absolute Gasteiger partial charge is 0.253 e. The lowest BCUT2D eigenvalue weighted by Crippen LogP contribution is -2.35. The number of nitrogens with one attached hydrogen (secondary N) is 1. The summed E-state index contributed by atoms with van der Waals surface area (Å²) in [5, 5.41) is 0. The molecule has 17 heavy (non-hydrogen) atoms. The number of H-pyrrole nitrogens is 1. The summed E-state index contributed by atoms with van der Waals surface area (Å²) in [7, 11) is 1.65. The summed E-state index contributed by atoms with van der Waals surface area (Å²) < 4.78 is 0. The van der Waals surface area contributed by atoms with Gasteiger partial charge < -0.3 is 15.6 Å². The van der Waals surface area contributed by atoms with Crippen LogP contribution in [0.3, 0.4) is 0 Å². The highest BCUT2D eigenvalue weighted by atomic mass is 32.1. The van der Waals surface area contributed by atoms with Crippen LogP contribution in [0.25, 0.3) is 0 Å². The summed E-state index contributed by atoms with van der Waals surface area (Å²) in [5.74, 6) is -0.278. The Bertz CT molecular complexity index is 484. The molecule has 0 aliphatic rings. The highest BCUT2D eigenvalue weighted by Crippen LogP contribution is 2.04. The molecule has 1 heterocycles. The first-order chi connectivity index (χ1) is 7.91. The van der Waals surface area contributed by atoms with E-state index in [1.165, 1.54) is 17.2 Å². The van der Waals surface area contributed by atoms with Crippen LogP contribution in [0.1, 0.15) is 17.3 Å². The van der Waals surface area contributed by atoms with Crippen LogP contribution in [-0.4, -0.2) is 34.4 Å². The summed E-state index contributed by atoms with van der Waals surface area (Å²) in [6.07, 6.45) is 1.44. The van der Waals surface area contributed by atoms with E-state index in [2.05, 4.69) is 4.98 Å². The highest BCUT2D eigenvalue weighted by Gasteiger charge is 2.15. The Hall–Kier alpha value is -1.69. The Morgan fingerprint density at radius 3 is 2.82 bits per heavy atom. The van der Waals surface area contributed by atoms with Crippen LogP contribution in [0, 0.1) is 5.92 Å². The Morgan fingerprint density at radius 1 is 1.65 bits per heavy atom. The molecule has 92 valence electrons. The van der Waals surface area contributed by atoms with Crippen molar-refractivity contribution >= 4 is 23.1 Å². The summed E-state index contributed by atoms with van der Waals surface area (Å²) >= 11 is 4.85. The van der Waals surface area contributed by atoms with E-state index in [4.69, 9.17) is 18.0 Å². The molecule has 5 nitrogen and oxygen atoms in total. The Labute approximate surface area is 105 Å². The van der Waals surface area contributed by atoms with Crippen molar-refractivity contribution in [1.82, 2.24) is 9.88 Å². The minimum absolute atomic E-state index is 0.0547. The molecule has 1 unspecified atom stereocenters. The van der Waals surface area contributed by atoms with Gasteiger partial charge >= 0.3 is 0 Å². The summed E-state index contributed by atoms with van der Waals surface area (Å²) in [5.41, 5.74) is 5.54. The molecule has 1 atom stereocenters. The molecule has 1 aromatic heterocycles. The van der Waals surface area contributed by atoms with E-state index in [-0.39, 0.29) is 17.4 Å². The fourth-order valence-electron chi connectivity index (χ4n) is 1.38. The SMILES string of the molecule is CC(CN(C)C(=O)c1cc[nH]c(=O)c1)C(N)=S. The second-order valence-electron chi connectivity index (χ2n) is 3.93. The number of aromatic nitrogens is 1. The molecule has 0 radical (unpaired) electrons. The third-order valence-corrected chi connectivity index (χ3v) is 2.80. The van der Waals surface area contributed by atoms with E-state index in [0.717, 1.165) is 0 Å². The number of carbonyl (C=O) groups excluding carboxylic acids is 1. The molecule has 0 fully saturated rings. The first-order valence-corrected chi connectivity index (χ1v) is 5.56. The van der Waals surface area contributed by atoms with E-state index in [0.29, 0.717) is 17.1 Å². The Morgan fingerprint density at radius 2 is 2.29 bits per heavy atom. The van der Waals surface area contributed by atoms with Crippen molar-refractivity contribution in [3.63, 3.8) is 0 Å². The van der Waals surface area contributed by atoms with Gasteiger partial charge in [0.05, 0.1) is 4.99 Å². The van der Waals surface area contributed by atoms with Crippen molar-refractivity contribution < 1.29 is 4.79 Å². The first kappa shape index (κ1) is 13.4. The number of thiocarbonyl (C=S) groups is 1. The van der Waals surface area contributed by atoms with Gasteiger partial charge in [0.15, 0.2) is 0 Å². The van der Waals surface area contributed by atoms with Crippen LogP contribution < -0.4 is 11.3 Å². The number of amides is 1. The van der Waals surface area contributed by atoms with Gasteiger partial charge in [-0.1, -0.05) is 19.1 Å². The fraction of sp³-hybridized carbons (Fsp3) is 0.364. The molecule has 1 rings (SSSR count). The number of nitrogens with two attached hydrogens (primary N) is 1. The van der Waals surface area contributed by atoms with Gasteiger partial charge in [-0.3, -0.25) is 9.59 Å². The van der Waals surface area contributed by atoms with Gasteiger partial charge in [0.25, 0.3) is 5.91 Å². The van der Waals surface area contributed by atoms with Crippen LogP contribution in [0.4, 0.5) is 0 Å². The maximum atomic E-state index is 11.9. The van der Waals surface area contributed by atoms with Crippen molar-refractivity contribution in [3.05, 3.63) is 34.2 Å². The predicted octanol–water partition coefficient (Wildman–Crippen LogP) is 0.369. The number of carbonyl (C=O) groups is 1. The molecular formula is C11H15N3O2S. The zero-order valence-corrected chi connectivity index (χ0v) is 10.6. The van der Waals surface area contributed by atoms with E-state index in [1.54, 1.807) is 13.1 Å². The van der Waals surface area contributed by atoms with Crippen LogP contribution in [0.15, 0.2) is 23.1 Å². The van der Waals surface area contributed by atoms with Crippen molar-refractivity contribution in [1.29, 1.82) is 0 Å². The molecule has 6 heteroatoms. The van der Waals surface area contributed by atoms with Crippen LogP contribution in [0.5, 0.6) is 0 Å². The predicted molar refractivity (Wildman–Crippen MR) is 70.0 cm³/mol. The quantitative estimate of drug-likeness (QED) is 0.760. The van der Waals surface area contributed by atoms with Gasteiger partial charge in [-0.25, -0.2) is 0 Å². The van der Waals surface area contributed by atoms with Gasteiger partial charge in [0, 0.05) is 37.3 Å². The molecule has 0 spiro atoms. The molecule has 0 saturated heterocycles. The lowest BCUT2D eigenvalue weighted by atomic mass is 10.1. The average molecular weight is 253 g/mol. The van der Waals surface area contributed by atoms with Gasteiger partial charge in [-0.2, -0.15) is 0 Å².